The summed E-state index contributed by atoms with van der Waals surface area (Å²) in [7, 11) is -3.60. The second-order valence-electron chi connectivity index (χ2n) is 5.15. The van der Waals surface area contributed by atoms with Gasteiger partial charge in [0.1, 0.15) is 4.90 Å². The van der Waals surface area contributed by atoms with Crippen LogP contribution in [0.25, 0.3) is 0 Å². The Morgan fingerprint density at radius 2 is 2.16 bits per heavy atom. The number of rotatable bonds is 4. The van der Waals surface area contributed by atoms with Gasteiger partial charge in [-0.05, 0) is 43.4 Å². The minimum absolute atomic E-state index is 0.00134. The second kappa shape index (κ2) is 5.48. The molecular formula is C13H20N2O3S. The molecule has 0 bridgehead atoms. The average Bonchev–Trinajstić information content (AvgIpc) is 2.72. The van der Waals surface area contributed by atoms with Gasteiger partial charge in [0.25, 0.3) is 0 Å². The van der Waals surface area contributed by atoms with E-state index < -0.39 is 16.1 Å². The molecule has 2 atom stereocenters. The Balaban J connectivity index is 2.09. The van der Waals surface area contributed by atoms with Crippen LogP contribution in [-0.4, -0.2) is 26.2 Å². The first kappa shape index (κ1) is 14.3. The average molecular weight is 284 g/mol. The fraction of sp³-hybridized carbons (Fsp3) is 0.538. The Kier molecular flexibility index (Phi) is 4.13. The number of hydrogen-bond donors (Lipinski definition) is 3. The molecule has 0 radical (unpaired) electrons. The lowest BCUT2D eigenvalue weighted by Gasteiger charge is -2.16. The largest absolute Gasteiger partial charge is 0.398 e. The molecule has 0 heterocycles. The number of nitrogens with one attached hydrogen (secondary N) is 1. The van der Waals surface area contributed by atoms with E-state index in [2.05, 4.69) is 4.72 Å². The summed E-state index contributed by atoms with van der Waals surface area (Å²) in [5, 5.41) is 9.69. The lowest BCUT2D eigenvalue weighted by molar-refractivity contribution is 0.134. The van der Waals surface area contributed by atoms with Crippen LogP contribution in [-0.2, 0) is 10.0 Å². The van der Waals surface area contributed by atoms with Crippen molar-refractivity contribution < 1.29 is 13.5 Å². The van der Waals surface area contributed by atoms with Gasteiger partial charge >= 0.3 is 0 Å². The summed E-state index contributed by atoms with van der Waals surface area (Å²) in [5.41, 5.74) is 6.92. The Labute approximate surface area is 113 Å². The molecule has 2 unspecified atom stereocenters. The van der Waals surface area contributed by atoms with Crippen LogP contribution in [0.1, 0.15) is 24.8 Å². The number of sulfonamides is 1. The van der Waals surface area contributed by atoms with Crippen molar-refractivity contribution in [2.24, 2.45) is 5.92 Å². The molecule has 1 aromatic rings. The highest BCUT2D eigenvalue weighted by Crippen LogP contribution is 2.26. The third-order valence-corrected chi connectivity index (χ3v) is 5.11. The highest BCUT2D eigenvalue weighted by Gasteiger charge is 2.27. The first-order chi connectivity index (χ1) is 8.90. The van der Waals surface area contributed by atoms with Crippen LogP contribution in [0.3, 0.4) is 0 Å². The molecule has 1 fully saturated rings. The number of nitrogen functional groups attached to an aromatic ring is 1. The maximum Gasteiger partial charge on any atom is 0.242 e. The zero-order valence-electron chi connectivity index (χ0n) is 11.0. The molecular weight excluding hydrogens is 264 g/mol. The molecule has 1 aromatic carbocycles. The van der Waals surface area contributed by atoms with Gasteiger partial charge in [-0.25, -0.2) is 13.1 Å². The molecule has 19 heavy (non-hydrogen) atoms. The number of nitrogens with two attached hydrogens (primary N) is 1. The van der Waals surface area contributed by atoms with Gasteiger partial charge in [-0.3, -0.25) is 0 Å². The fourth-order valence-electron chi connectivity index (χ4n) is 2.46. The first-order valence-corrected chi connectivity index (χ1v) is 7.92. The quantitative estimate of drug-likeness (QED) is 0.720. The predicted molar refractivity (Wildman–Crippen MR) is 74.1 cm³/mol. The van der Waals surface area contributed by atoms with Crippen LogP contribution < -0.4 is 10.5 Å². The second-order valence-corrected chi connectivity index (χ2v) is 6.89. The summed E-state index contributed by atoms with van der Waals surface area (Å²) < 4.78 is 26.9. The predicted octanol–water partition coefficient (Wildman–Crippen LogP) is 1.02. The molecule has 6 heteroatoms. The molecule has 0 saturated heterocycles. The molecule has 0 amide bonds. The van der Waals surface area contributed by atoms with Crippen molar-refractivity contribution >= 4 is 15.7 Å². The van der Waals surface area contributed by atoms with Crippen molar-refractivity contribution in [3.63, 3.8) is 0 Å². The number of aryl methyl sites for hydroxylation is 1. The van der Waals surface area contributed by atoms with E-state index in [9.17, 15) is 13.5 Å². The van der Waals surface area contributed by atoms with E-state index in [1.807, 2.05) is 6.92 Å². The molecule has 1 aliphatic carbocycles. The van der Waals surface area contributed by atoms with Crippen molar-refractivity contribution in [2.75, 3.05) is 12.3 Å². The number of aliphatic hydroxyl groups is 1. The highest BCUT2D eigenvalue weighted by molar-refractivity contribution is 7.89. The van der Waals surface area contributed by atoms with Crippen molar-refractivity contribution in [2.45, 2.75) is 37.2 Å². The lowest BCUT2D eigenvalue weighted by atomic mass is 10.1. The van der Waals surface area contributed by atoms with Crippen LogP contribution >= 0.6 is 0 Å². The third kappa shape index (κ3) is 3.26. The number of benzene rings is 1. The minimum Gasteiger partial charge on any atom is -0.398 e. The number of aliphatic hydroxyl groups excluding tert-OH is 1. The Morgan fingerprint density at radius 3 is 2.74 bits per heavy atom. The van der Waals surface area contributed by atoms with Gasteiger partial charge < -0.3 is 10.8 Å². The number of anilines is 1. The minimum atomic E-state index is -3.60. The summed E-state index contributed by atoms with van der Waals surface area (Å²) >= 11 is 0. The van der Waals surface area contributed by atoms with Crippen LogP contribution in [0.15, 0.2) is 23.1 Å². The van der Waals surface area contributed by atoms with Crippen LogP contribution in [0.5, 0.6) is 0 Å². The monoisotopic (exact) mass is 284 g/mol. The summed E-state index contributed by atoms with van der Waals surface area (Å²) in [4.78, 5) is 0.102. The van der Waals surface area contributed by atoms with Gasteiger partial charge in [0.2, 0.25) is 10.0 Å². The number of hydrogen-bond acceptors (Lipinski definition) is 4. The molecule has 4 N–H and O–H groups in total. The molecule has 1 aliphatic rings. The van der Waals surface area contributed by atoms with Crippen molar-refractivity contribution in [3.05, 3.63) is 23.8 Å². The van der Waals surface area contributed by atoms with E-state index in [0.717, 1.165) is 24.8 Å². The van der Waals surface area contributed by atoms with Crippen LogP contribution in [0.4, 0.5) is 5.69 Å². The summed E-state index contributed by atoms with van der Waals surface area (Å²) in [6.45, 7) is 2.12. The molecule has 1 saturated carbocycles. The lowest BCUT2D eigenvalue weighted by Crippen LogP contribution is -2.32. The molecule has 5 nitrogen and oxygen atoms in total. The fourth-order valence-corrected chi connectivity index (χ4v) is 3.67. The zero-order valence-corrected chi connectivity index (χ0v) is 11.8. The Hall–Kier alpha value is -1.11. The first-order valence-electron chi connectivity index (χ1n) is 6.44. The zero-order chi connectivity index (χ0) is 14.0. The van der Waals surface area contributed by atoms with E-state index in [0.29, 0.717) is 0 Å². The Bertz CT molecular complexity index is 557. The van der Waals surface area contributed by atoms with Crippen LogP contribution in [0.2, 0.25) is 0 Å². The van der Waals surface area contributed by atoms with E-state index in [1.54, 1.807) is 12.1 Å². The normalized spacial score (nSPS) is 23.7. The van der Waals surface area contributed by atoms with Gasteiger partial charge in [-0.15, -0.1) is 0 Å². The van der Waals surface area contributed by atoms with E-state index in [-0.39, 0.29) is 23.0 Å². The van der Waals surface area contributed by atoms with Crippen molar-refractivity contribution in [3.8, 4) is 0 Å². The third-order valence-electron chi connectivity index (χ3n) is 3.61. The Morgan fingerprint density at radius 1 is 1.42 bits per heavy atom. The molecule has 0 spiro atoms. The van der Waals surface area contributed by atoms with E-state index in [4.69, 9.17) is 5.73 Å². The van der Waals surface area contributed by atoms with E-state index >= 15 is 0 Å². The van der Waals surface area contributed by atoms with Gasteiger partial charge in [-0.2, -0.15) is 0 Å². The van der Waals surface area contributed by atoms with Gasteiger partial charge in [0.05, 0.1) is 11.8 Å². The van der Waals surface area contributed by atoms with Gasteiger partial charge in [0.15, 0.2) is 0 Å². The standard InChI is InChI=1S/C13H20N2O3S/c1-9-5-6-13(11(14)7-9)19(17,18)15-8-10-3-2-4-12(10)16/h5-7,10,12,15-16H,2-4,8,14H2,1H3. The van der Waals surface area contributed by atoms with E-state index in [1.165, 1.54) is 6.07 Å². The summed E-state index contributed by atoms with van der Waals surface area (Å²) in [6, 6.07) is 4.87. The topological polar surface area (TPSA) is 92.4 Å². The molecule has 106 valence electrons. The van der Waals surface area contributed by atoms with Crippen molar-refractivity contribution in [1.82, 2.24) is 4.72 Å². The summed E-state index contributed by atoms with van der Waals surface area (Å²) in [6.07, 6.45) is 2.14. The molecule has 0 aromatic heterocycles. The van der Waals surface area contributed by atoms with Gasteiger partial charge in [0, 0.05) is 6.54 Å². The van der Waals surface area contributed by atoms with Crippen molar-refractivity contribution in [1.29, 1.82) is 0 Å². The van der Waals surface area contributed by atoms with Gasteiger partial charge in [-0.1, -0.05) is 12.5 Å². The smallest absolute Gasteiger partial charge is 0.242 e. The highest BCUT2D eigenvalue weighted by atomic mass is 32.2. The maximum absolute atomic E-state index is 12.2. The molecule has 2 rings (SSSR count). The molecule has 0 aliphatic heterocycles. The van der Waals surface area contributed by atoms with Crippen LogP contribution in [0, 0.1) is 12.8 Å². The summed E-state index contributed by atoms with van der Waals surface area (Å²) in [5.74, 6) is 0.00134. The maximum atomic E-state index is 12.2. The SMILES string of the molecule is Cc1ccc(S(=O)(=O)NCC2CCCC2O)c(N)c1.